The Morgan fingerprint density at radius 2 is 2.17 bits per heavy atom. The monoisotopic (exact) mass is 309 g/mol. The molecule has 0 saturated heterocycles. The molecular weight excluding hydrogens is 290 g/mol. The first kappa shape index (κ1) is 13.6. The first-order valence-electron chi connectivity index (χ1n) is 6.57. The van der Waals surface area contributed by atoms with Crippen molar-refractivity contribution in [2.45, 2.75) is 37.9 Å². The van der Waals surface area contributed by atoms with Gasteiger partial charge in [-0.05, 0) is 44.2 Å². The Kier molecular flexibility index (Phi) is 4.44. The molecular formula is C15H20BrNO. The molecule has 3 heteroatoms. The van der Waals surface area contributed by atoms with Gasteiger partial charge in [-0.15, -0.1) is 0 Å². The van der Waals surface area contributed by atoms with Gasteiger partial charge in [-0.2, -0.15) is 0 Å². The van der Waals surface area contributed by atoms with E-state index in [1.165, 1.54) is 19.3 Å². The van der Waals surface area contributed by atoms with Gasteiger partial charge in [-0.25, -0.2) is 0 Å². The maximum Gasteiger partial charge on any atom is 0.251 e. The molecule has 1 aliphatic rings. The first-order valence-corrected chi connectivity index (χ1v) is 7.49. The van der Waals surface area contributed by atoms with E-state index in [1.807, 2.05) is 32.0 Å². The zero-order chi connectivity index (χ0) is 13.1. The largest absolute Gasteiger partial charge is 0.352 e. The molecule has 0 aromatic heterocycles. The number of rotatable bonds is 3. The normalized spacial score (nSPS) is 23.1. The van der Waals surface area contributed by atoms with Gasteiger partial charge in [0.2, 0.25) is 0 Å². The lowest BCUT2D eigenvalue weighted by atomic mass is 10.0. The molecule has 1 aliphatic carbocycles. The number of hydrogen-bond acceptors (Lipinski definition) is 1. The fourth-order valence-electron chi connectivity index (χ4n) is 2.52. The summed E-state index contributed by atoms with van der Waals surface area (Å²) in [6.07, 6.45) is 3.70. The molecule has 0 bridgehead atoms. The molecule has 0 spiro atoms. The fraction of sp³-hybridized carbons (Fsp3) is 0.533. The standard InChI is InChI=1S/C15H20BrNO/c1-10-6-7-11(2)13(8-10)15(18)17-9-12-4-3-5-14(12)16/h6-8,12,14H,3-5,9H2,1-2H3,(H,17,18). The number of carbonyl (C=O) groups is 1. The van der Waals surface area contributed by atoms with Crippen LogP contribution in [-0.4, -0.2) is 17.3 Å². The highest BCUT2D eigenvalue weighted by Crippen LogP contribution is 2.30. The highest BCUT2D eigenvalue weighted by atomic mass is 79.9. The van der Waals surface area contributed by atoms with Crippen molar-refractivity contribution in [1.82, 2.24) is 5.32 Å². The number of hydrogen-bond donors (Lipinski definition) is 1. The average molecular weight is 310 g/mol. The highest BCUT2D eigenvalue weighted by Gasteiger charge is 2.25. The molecule has 2 rings (SSSR count). The number of amides is 1. The van der Waals surface area contributed by atoms with Crippen LogP contribution < -0.4 is 5.32 Å². The Morgan fingerprint density at radius 1 is 1.39 bits per heavy atom. The van der Waals surface area contributed by atoms with Crippen LogP contribution in [0.15, 0.2) is 18.2 Å². The van der Waals surface area contributed by atoms with Crippen LogP contribution in [0.4, 0.5) is 0 Å². The third kappa shape index (κ3) is 3.14. The molecule has 0 aliphatic heterocycles. The van der Waals surface area contributed by atoms with Crippen LogP contribution in [0.5, 0.6) is 0 Å². The Labute approximate surface area is 117 Å². The van der Waals surface area contributed by atoms with E-state index < -0.39 is 0 Å². The van der Waals surface area contributed by atoms with E-state index in [1.54, 1.807) is 0 Å². The van der Waals surface area contributed by atoms with Crippen LogP contribution in [0.3, 0.4) is 0 Å². The summed E-state index contributed by atoms with van der Waals surface area (Å²) in [5.41, 5.74) is 2.98. The van der Waals surface area contributed by atoms with Crippen LogP contribution in [-0.2, 0) is 0 Å². The third-order valence-electron chi connectivity index (χ3n) is 3.73. The number of halogens is 1. The SMILES string of the molecule is Cc1ccc(C)c(C(=O)NCC2CCCC2Br)c1. The summed E-state index contributed by atoms with van der Waals surface area (Å²) >= 11 is 3.69. The van der Waals surface area contributed by atoms with Gasteiger partial charge in [0.15, 0.2) is 0 Å². The Bertz CT molecular complexity index is 444. The van der Waals surface area contributed by atoms with Gasteiger partial charge in [-0.1, -0.05) is 40.0 Å². The summed E-state index contributed by atoms with van der Waals surface area (Å²) in [5, 5.41) is 3.07. The second kappa shape index (κ2) is 5.87. The molecule has 2 unspecified atom stereocenters. The van der Waals surface area contributed by atoms with Gasteiger partial charge in [0.1, 0.15) is 0 Å². The van der Waals surface area contributed by atoms with Crippen LogP contribution >= 0.6 is 15.9 Å². The number of nitrogens with one attached hydrogen (secondary N) is 1. The molecule has 1 N–H and O–H groups in total. The van der Waals surface area contributed by atoms with Gasteiger partial charge in [0.25, 0.3) is 5.91 Å². The van der Waals surface area contributed by atoms with Crippen LogP contribution in [0.2, 0.25) is 0 Å². The van der Waals surface area contributed by atoms with E-state index in [0.717, 1.165) is 23.2 Å². The van der Waals surface area contributed by atoms with Gasteiger partial charge < -0.3 is 5.32 Å². The van der Waals surface area contributed by atoms with Gasteiger partial charge in [0.05, 0.1) is 0 Å². The number of benzene rings is 1. The third-order valence-corrected chi connectivity index (χ3v) is 4.93. The maximum absolute atomic E-state index is 12.2. The summed E-state index contributed by atoms with van der Waals surface area (Å²) in [6.45, 7) is 4.78. The molecule has 0 radical (unpaired) electrons. The molecule has 1 fully saturated rings. The van der Waals surface area contributed by atoms with Crippen molar-refractivity contribution in [2.24, 2.45) is 5.92 Å². The van der Waals surface area contributed by atoms with Crippen molar-refractivity contribution in [3.05, 3.63) is 34.9 Å². The van der Waals surface area contributed by atoms with Crippen molar-refractivity contribution in [2.75, 3.05) is 6.54 Å². The van der Waals surface area contributed by atoms with E-state index in [9.17, 15) is 4.79 Å². The Balaban J connectivity index is 1.97. The quantitative estimate of drug-likeness (QED) is 0.849. The molecule has 1 aromatic rings. The maximum atomic E-state index is 12.2. The molecule has 1 amide bonds. The summed E-state index contributed by atoms with van der Waals surface area (Å²) < 4.78 is 0. The lowest BCUT2D eigenvalue weighted by Crippen LogP contribution is -2.31. The minimum atomic E-state index is 0.0581. The average Bonchev–Trinajstić information content (AvgIpc) is 2.75. The Morgan fingerprint density at radius 3 is 2.83 bits per heavy atom. The highest BCUT2D eigenvalue weighted by molar-refractivity contribution is 9.09. The fourth-order valence-corrected chi connectivity index (χ4v) is 3.30. The van der Waals surface area contributed by atoms with Gasteiger partial charge in [0, 0.05) is 16.9 Å². The molecule has 1 aromatic carbocycles. The van der Waals surface area contributed by atoms with Crippen molar-refractivity contribution < 1.29 is 4.79 Å². The second-order valence-corrected chi connectivity index (χ2v) is 6.41. The van der Waals surface area contributed by atoms with Crippen molar-refractivity contribution in [3.8, 4) is 0 Å². The predicted octanol–water partition coefficient (Wildman–Crippen LogP) is 3.60. The molecule has 98 valence electrons. The molecule has 18 heavy (non-hydrogen) atoms. The molecule has 2 atom stereocenters. The van der Waals surface area contributed by atoms with E-state index >= 15 is 0 Å². The summed E-state index contributed by atoms with van der Waals surface area (Å²) in [6, 6.07) is 6.01. The van der Waals surface area contributed by atoms with E-state index in [-0.39, 0.29) is 5.91 Å². The Hall–Kier alpha value is -0.830. The molecule has 0 heterocycles. The minimum absolute atomic E-state index is 0.0581. The van der Waals surface area contributed by atoms with E-state index in [2.05, 4.69) is 21.2 Å². The minimum Gasteiger partial charge on any atom is -0.352 e. The first-order chi connectivity index (χ1) is 8.58. The predicted molar refractivity (Wildman–Crippen MR) is 78.3 cm³/mol. The van der Waals surface area contributed by atoms with Crippen LogP contribution in [0.25, 0.3) is 0 Å². The molecule has 1 saturated carbocycles. The zero-order valence-electron chi connectivity index (χ0n) is 11.0. The van der Waals surface area contributed by atoms with Gasteiger partial charge >= 0.3 is 0 Å². The van der Waals surface area contributed by atoms with Crippen LogP contribution in [0.1, 0.15) is 40.7 Å². The summed E-state index contributed by atoms with van der Waals surface area (Å²) in [7, 11) is 0. The summed E-state index contributed by atoms with van der Waals surface area (Å²) in [4.78, 5) is 12.7. The number of alkyl halides is 1. The van der Waals surface area contributed by atoms with Gasteiger partial charge in [-0.3, -0.25) is 4.79 Å². The number of aryl methyl sites for hydroxylation is 2. The smallest absolute Gasteiger partial charge is 0.251 e. The second-order valence-electron chi connectivity index (χ2n) is 5.24. The molecule has 2 nitrogen and oxygen atoms in total. The summed E-state index contributed by atoms with van der Waals surface area (Å²) in [5.74, 6) is 0.641. The van der Waals surface area contributed by atoms with E-state index in [4.69, 9.17) is 0 Å². The zero-order valence-corrected chi connectivity index (χ0v) is 12.6. The number of carbonyl (C=O) groups excluding carboxylic acids is 1. The lowest BCUT2D eigenvalue weighted by molar-refractivity contribution is 0.0947. The topological polar surface area (TPSA) is 29.1 Å². The lowest BCUT2D eigenvalue weighted by Gasteiger charge is -2.15. The van der Waals surface area contributed by atoms with Crippen molar-refractivity contribution in [1.29, 1.82) is 0 Å². The van der Waals surface area contributed by atoms with Crippen molar-refractivity contribution >= 4 is 21.8 Å². The van der Waals surface area contributed by atoms with E-state index in [0.29, 0.717) is 10.7 Å². The van der Waals surface area contributed by atoms with Crippen molar-refractivity contribution in [3.63, 3.8) is 0 Å². The van der Waals surface area contributed by atoms with Crippen LogP contribution in [0, 0.1) is 19.8 Å².